The van der Waals surface area contributed by atoms with Crippen molar-refractivity contribution < 1.29 is 18.0 Å². The number of aryl methyl sites for hydroxylation is 3. The van der Waals surface area contributed by atoms with Crippen LogP contribution in [0.5, 0.6) is 0 Å². The van der Waals surface area contributed by atoms with Gasteiger partial charge in [-0.2, -0.15) is 15.0 Å². The zero-order valence-corrected chi connectivity index (χ0v) is 17.3. The van der Waals surface area contributed by atoms with Gasteiger partial charge in [0.1, 0.15) is 11.6 Å². The van der Waals surface area contributed by atoms with Gasteiger partial charge in [-0.15, -0.1) is 0 Å². The molecule has 4 aromatic rings. The molecule has 0 spiro atoms. The van der Waals surface area contributed by atoms with Gasteiger partial charge in [0, 0.05) is 5.39 Å². The van der Waals surface area contributed by atoms with Crippen LogP contribution in [0, 0.1) is 49.6 Å². The predicted octanol–water partition coefficient (Wildman–Crippen LogP) is 4.89. The number of fused-ring (bicyclic) bond motifs is 1. The summed E-state index contributed by atoms with van der Waals surface area (Å²) in [5.41, 5.74) is 2.92. The quantitative estimate of drug-likeness (QED) is 0.465. The van der Waals surface area contributed by atoms with Crippen LogP contribution in [0.3, 0.4) is 0 Å². The molecule has 1 N–H and O–H groups in total. The van der Waals surface area contributed by atoms with Gasteiger partial charge >= 0.3 is 0 Å². The fourth-order valence-electron chi connectivity index (χ4n) is 3.54. The normalized spacial score (nSPS) is 10.9. The van der Waals surface area contributed by atoms with Crippen LogP contribution in [-0.4, -0.2) is 20.7 Å². The number of nitriles is 1. The molecule has 4 rings (SSSR count). The van der Waals surface area contributed by atoms with Gasteiger partial charge in [-0.25, -0.2) is 18.2 Å². The highest BCUT2D eigenvalue weighted by Gasteiger charge is 2.22. The summed E-state index contributed by atoms with van der Waals surface area (Å²) in [4.78, 5) is 17.2. The smallest absolute Gasteiger partial charge is 0.259 e. The minimum atomic E-state index is -1.76. The topological polar surface area (TPSA) is 83.6 Å². The van der Waals surface area contributed by atoms with E-state index in [1.54, 1.807) is 6.07 Å². The predicted molar refractivity (Wildman–Crippen MR) is 112 cm³/mol. The maximum absolute atomic E-state index is 14.1. The molecule has 0 unspecified atom stereocenters. The number of nitrogens with one attached hydrogen (secondary N) is 1. The van der Waals surface area contributed by atoms with E-state index in [1.807, 2.05) is 39.0 Å². The van der Waals surface area contributed by atoms with Gasteiger partial charge in [0.25, 0.3) is 5.91 Å². The first-order valence-electron chi connectivity index (χ1n) is 9.53. The highest BCUT2D eigenvalue weighted by atomic mass is 19.2. The summed E-state index contributed by atoms with van der Waals surface area (Å²) in [5.74, 6) is -5.61. The largest absolute Gasteiger partial charge is 0.305 e. The van der Waals surface area contributed by atoms with Crippen LogP contribution < -0.4 is 5.32 Å². The molecule has 2 heterocycles. The standard InChI is InChI=1S/C23H16F3N5O/c1-11-6-13(3)21-16(7-11)12(2)8-18(29-21)31-22(14(9-27)10-28-31)30-23(32)15-4-5-17(24)20(26)19(15)25/h4-8,10H,1-3H3,(H,30,32). The van der Waals surface area contributed by atoms with Crippen molar-refractivity contribution in [2.24, 2.45) is 0 Å². The Bertz CT molecular complexity index is 1450. The highest BCUT2D eigenvalue weighted by Crippen LogP contribution is 2.27. The Kier molecular flexibility index (Phi) is 5.14. The van der Waals surface area contributed by atoms with E-state index in [9.17, 15) is 23.2 Å². The van der Waals surface area contributed by atoms with Crippen molar-refractivity contribution in [2.75, 3.05) is 5.32 Å². The zero-order valence-electron chi connectivity index (χ0n) is 17.3. The van der Waals surface area contributed by atoms with E-state index >= 15 is 0 Å². The molecular formula is C23H16F3N5O. The van der Waals surface area contributed by atoms with Crippen LogP contribution in [0.2, 0.25) is 0 Å². The first-order valence-corrected chi connectivity index (χ1v) is 9.53. The molecule has 2 aromatic carbocycles. The van der Waals surface area contributed by atoms with Crippen LogP contribution >= 0.6 is 0 Å². The summed E-state index contributed by atoms with van der Waals surface area (Å²) in [6.45, 7) is 5.80. The summed E-state index contributed by atoms with van der Waals surface area (Å²) in [7, 11) is 0. The molecule has 0 aliphatic rings. The van der Waals surface area contributed by atoms with E-state index in [4.69, 9.17) is 0 Å². The van der Waals surface area contributed by atoms with Crippen molar-refractivity contribution in [3.05, 3.63) is 81.8 Å². The monoisotopic (exact) mass is 435 g/mol. The fraction of sp³-hybridized carbons (Fsp3) is 0.130. The van der Waals surface area contributed by atoms with Crippen molar-refractivity contribution in [3.63, 3.8) is 0 Å². The molecule has 2 aromatic heterocycles. The number of rotatable bonds is 3. The number of anilines is 1. The number of nitrogens with zero attached hydrogens (tertiary/aromatic N) is 4. The number of carbonyl (C=O) groups excluding carboxylic acids is 1. The molecular weight excluding hydrogens is 419 g/mol. The van der Waals surface area contributed by atoms with E-state index in [0.717, 1.165) is 33.7 Å². The average Bonchev–Trinajstić information content (AvgIpc) is 3.15. The highest BCUT2D eigenvalue weighted by molar-refractivity contribution is 6.04. The van der Waals surface area contributed by atoms with Gasteiger partial charge < -0.3 is 5.32 Å². The average molecular weight is 435 g/mol. The van der Waals surface area contributed by atoms with Crippen molar-refractivity contribution in [1.82, 2.24) is 14.8 Å². The molecule has 0 saturated carbocycles. The van der Waals surface area contributed by atoms with Gasteiger partial charge in [-0.05, 0) is 56.2 Å². The van der Waals surface area contributed by atoms with Gasteiger partial charge in [-0.3, -0.25) is 4.79 Å². The van der Waals surface area contributed by atoms with Crippen LogP contribution in [0.15, 0.2) is 36.5 Å². The molecule has 0 fully saturated rings. The van der Waals surface area contributed by atoms with Crippen LogP contribution in [0.25, 0.3) is 16.7 Å². The molecule has 0 aliphatic carbocycles. The third-order valence-electron chi connectivity index (χ3n) is 5.06. The molecule has 9 heteroatoms. The van der Waals surface area contributed by atoms with Gasteiger partial charge in [0.2, 0.25) is 0 Å². The van der Waals surface area contributed by atoms with E-state index in [0.29, 0.717) is 11.9 Å². The van der Waals surface area contributed by atoms with Crippen molar-refractivity contribution in [3.8, 4) is 11.9 Å². The van der Waals surface area contributed by atoms with E-state index in [2.05, 4.69) is 15.4 Å². The lowest BCUT2D eigenvalue weighted by molar-refractivity contribution is 0.102. The Morgan fingerprint density at radius 1 is 1.06 bits per heavy atom. The number of pyridine rings is 1. The zero-order chi connectivity index (χ0) is 23.2. The lowest BCUT2D eigenvalue weighted by atomic mass is 10.0. The van der Waals surface area contributed by atoms with E-state index in [1.165, 1.54) is 10.9 Å². The fourth-order valence-corrected chi connectivity index (χ4v) is 3.54. The lowest BCUT2D eigenvalue weighted by Crippen LogP contribution is -2.18. The minimum absolute atomic E-state index is 0.0125. The number of aromatic nitrogens is 3. The van der Waals surface area contributed by atoms with Crippen molar-refractivity contribution in [2.45, 2.75) is 20.8 Å². The number of carbonyl (C=O) groups is 1. The maximum atomic E-state index is 14.1. The molecule has 160 valence electrons. The molecule has 0 atom stereocenters. The third-order valence-corrected chi connectivity index (χ3v) is 5.06. The Hall–Kier alpha value is -4.19. The van der Waals surface area contributed by atoms with Crippen molar-refractivity contribution in [1.29, 1.82) is 5.26 Å². The maximum Gasteiger partial charge on any atom is 0.259 e. The van der Waals surface area contributed by atoms with Crippen LogP contribution in [0.4, 0.5) is 19.0 Å². The van der Waals surface area contributed by atoms with Crippen LogP contribution in [0.1, 0.15) is 32.6 Å². The summed E-state index contributed by atoms with van der Waals surface area (Å²) in [6, 6.07) is 9.09. The Labute approximate surface area is 180 Å². The van der Waals surface area contributed by atoms with E-state index < -0.39 is 28.9 Å². The molecule has 0 saturated heterocycles. The van der Waals surface area contributed by atoms with Gasteiger partial charge in [-0.1, -0.05) is 11.6 Å². The molecule has 1 amide bonds. The summed E-state index contributed by atoms with van der Waals surface area (Å²) >= 11 is 0. The van der Waals surface area contributed by atoms with E-state index in [-0.39, 0.29) is 11.4 Å². The molecule has 6 nitrogen and oxygen atoms in total. The Morgan fingerprint density at radius 2 is 1.81 bits per heavy atom. The minimum Gasteiger partial charge on any atom is -0.305 e. The van der Waals surface area contributed by atoms with Crippen LogP contribution in [-0.2, 0) is 0 Å². The SMILES string of the molecule is Cc1cc(C)c2nc(-n3ncc(C#N)c3NC(=O)c3ccc(F)c(F)c3F)cc(C)c2c1. The third kappa shape index (κ3) is 3.46. The van der Waals surface area contributed by atoms with Gasteiger partial charge in [0.15, 0.2) is 29.1 Å². The second-order valence-electron chi connectivity index (χ2n) is 7.38. The summed E-state index contributed by atoms with van der Waals surface area (Å²) in [5, 5.41) is 16.9. The number of halogens is 3. The molecule has 0 aliphatic heterocycles. The lowest BCUT2D eigenvalue weighted by Gasteiger charge is -2.13. The second-order valence-corrected chi connectivity index (χ2v) is 7.38. The number of hydrogen-bond acceptors (Lipinski definition) is 4. The first-order chi connectivity index (χ1) is 15.2. The Morgan fingerprint density at radius 3 is 2.53 bits per heavy atom. The number of benzene rings is 2. The van der Waals surface area contributed by atoms with Crippen molar-refractivity contribution >= 4 is 22.6 Å². The summed E-state index contributed by atoms with van der Waals surface area (Å²) < 4.78 is 42.1. The Balaban J connectivity index is 1.82. The molecule has 32 heavy (non-hydrogen) atoms. The first kappa shape index (κ1) is 21.1. The number of amides is 1. The second kappa shape index (κ2) is 7.81. The number of hydrogen-bond donors (Lipinski definition) is 1. The summed E-state index contributed by atoms with van der Waals surface area (Å²) in [6.07, 6.45) is 1.22. The molecule has 0 bridgehead atoms. The molecule has 0 radical (unpaired) electrons. The van der Waals surface area contributed by atoms with Gasteiger partial charge in [0.05, 0.1) is 17.3 Å².